The van der Waals surface area contributed by atoms with E-state index in [1.807, 2.05) is 26.6 Å². The van der Waals surface area contributed by atoms with Crippen LogP contribution in [0.2, 0.25) is 19.6 Å². The lowest BCUT2D eigenvalue weighted by Crippen LogP contribution is -2.69. The highest BCUT2D eigenvalue weighted by Gasteiger charge is 2.57. The van der Waals surface area contributed by atoms with E-state index in [0.717, 1.165) is 0 Å². The van der Waals surface area contributed by atoms with Gasteiger partial charge in [-0.15, -0.1) is 0 Å². The Bertz CT molecular complexity index is 574. The van der Waals surface area contributed by atoms with Gasteiger partial charge in [-0.05, 0) is 26.1 Å². The molecule has 190 valence electrons. The summed E-state index contributed by atoms with van der Waals surface area (Å²) in [5, 5.41) is 62.4. The third-order valence-corrected chi connectivity index (χ3v) is 6.57. The third kappa shape index (κ3) is 6.06. The van der Waals surface area contributed by atoms with E-state index in [4.69, 9.17) is 23.4 Å². The smallest absolute Gasteiger partial charge is 0.188 e. The first-order valence-electron chi connectivity index (χ1n) is 11.2. The summed E-state index contributed by atoms with van der Waals surface area (Å²) in [6.45, 7) is 8.47. The van der Waals surface area contributed by atoms with E-state index in [-0.39, 0.29) is 13.0 Å². The number of rotatable bonds is 10. The predicted molar refractivity (Wildman–Crippen MR) is 114 cm³/mol. The molecule has 12 heteroatoms. The fourth-order valence-electron chi connectivity index (χ4n) is 4.10. The molecule has 0 saturated carbocycles. The first-order chi connectivity index (χ1) is 14.9. The summed E-state index contributed by atoms with van der Waals surface area (Å²) in [6.07, 6.45) is -11.0. The number of ether oxygens (including phenoxy) is 4. The highest BCUT2D eigenvalue weighted by molar-refractivity contribution is 6.69. The maximum atomic E-state index is 10.9. The molecule has 11 nitrogen and oxygen atoms in total. The molecule has 2 saturated heterocycles. The standard InChI is InChI=1S/C20H40O11Si/c1-6-8-27-17-13(23)11(9-21)28-19(15(17)25)29-16-12(10-22)30-20(7-2,18(26)14(16)24)31-32(3,4)5/h11-19,21-26H,6-10H2,1-5H3/t11-,12-,13+,14+,15-,16+,17+,18-,19-,20+/m1/s1. The van der Waals surface area contributed by atoms with Crippen LogP contribution in [0.15, 0.2) is 0 Å². The van der Waals surface area contributed by atoms with Crippen molar-refractivity contribution in [2.75, 3.05) is 19.8 Å². The topological polar surface area (TPSA) is 168 Å². The first-order valence-corrected chi connectivity index (χ1v) is 14.6. The highest BCUT2D eigenvalue weighted by atomic mass is 28.4. The average molecular weight is 485 g/mol. The molecule has 10 atom stereocenters. The molecule has 0 aliphatic carbocycles. The van der Waals surface area contributed by atoms with E-state index >= 15 is 0 Å². The predicted octanol–water partition coefficient (Wildman–Crippen LogP) is -1.32. The Balaban J connectivity index is 2.25. The molecule has 0 unspecified atom stereocenters. The van der Waals surface area contributed by atoms with Crippen LogP contribution in [-0.4, -0.2) is 120 Å². The SMILES string of the molecule is CCCO[C@H]1[C@@H](O)[C@@H](CO)O[C@H](O[C@@H]2[C@H](O)[C@@H](O)[C@](CC)(O[Si](C)(C)C)O[C@@H]2CO)[C@@H]1O. The fourth-order valence-corrected chi connectivity index (χ4v) is 5.45. The zero-order valence-electron chi connectivity index (χ0n) is 19.5. The molecule has 0 spiro atoms. The number of aliphatic hydroxyl groups excluding tert-OH is 6. The van der Waals surface area contributed by atoms with Gasteiger partial charge in [0.05, 0.1) is 13.2 Å². The zero-order chi connectivity index (χ0) is 24.3. The van der Waals surface area contributed by atoms with Crippen LogP contribution in [0.4, 0.5) is 0 Å². The Labute approximate surface area is 189 Å². The lowest BCUT2D eigenvalue weighted by molar-refractivity contribution is -0.380. The number of hydrogen-bond acceptors (Lipinski definition) is 11. The van der Waals surface area contributed by atoms with Gasteiger partial charge in [0, 0.05) is 13.0 Å². The van der Waals surface area contributed by atoms with Crippen LogP contribution in [0.1, 0.15) is 26.7 Å². The summed E-state index contributed by atoms with van der Waals surface area (Å²) in [4.78, 5) is 0. The molecule has 0 aromatic rings. The van der Waals surface area contributed by atoms with Crippen molar-refractivity contribution in [3.05, 3.63) is 0 Å². The molecule has 0 aromatic carbocycles. The van der Waals surface area contributed by atoms with Gasteiger partial charge in [0.15, 0.2) is 20.4 Å². The summed E-state index contributed by atoms with van der Waals surface area (Å²) in [6, 6.07) is 0. The van der Waals surface area contributed by atoms with Gasteiger partial charge >= 0.3 is 0 Å². The summed E-state index contributed by atoms with van der Waals surface area (Å²) in [5.74, 6) is -1.53. The molecule has 0 amide bonds. The number of aliphatic hydroxyl groups is 6. The van der Waals surface area contributed by atoms with Gasteiger partial charge in [-0.25, -0.2) is 0 Å². The molecule has 6 N–H and O–H groups in total. The monoisotopic (exact) mass is 484 g/mol. The molecule has 2 fully saturated rings. The van der Waals surface area contributed by atoms with E-state index in [9.17, 15) is 30.6 Å². The van der Waals surface area contributed by atoms with Crippen LogP contribution < -0.4 is 0 Å². The Morgan fingerprint density at radius 1 is 0.875 bits per heavy atom. The van der Waals surface area contributed by atoms with E-state index in [1.165, 1.54) is 0 Å². The minimum Gasteiger partial charge on any atom is -0.394 e. The first kappa shape index (κ1) is 28.0. The van der Waals surface area contributed by atoms with Gasteiger partial charge in [0.25, 0.3) is 0 Å². The van der Waals surface area contributed by atoms with Gasteiger partial charge in [-0.1, -0.05) is 13.8 Å². The molecule has 0 bridgehead atoms. The maximum absolute atomic E-state index is 10.9. The summed E-state index contributed by atoms with van der Waals surface area (Å²) in [7, 11) is -2.23. The van der Waals surface area contributed by atoms with Crippen molar-refractivity contribution in [1.82, 2.24) is 0 Å². The molecule has 2 aliphatic rings. The van der Waals surface area contributed by atoms with Crippen LogP contribution in [-0.2, 0) is 23.4 Å². The van der Waals surface area contributed by atoms with Crippen LogP contribution in [0.25, 0.3) is 0 Å². The normalized spacial score (nSPS) is 43.4. The van der Waals surface area contributed by atoms with Gasteiger partial charge in [0.2, 0.25) is 0 Å². The van der Waals surface area contributed by atoms with Crippen LogP contribution >= 0.6 is 0 Å². The van der Waals surface area contributed by atoms with Crippen molar-refractivity contribution in [2.24, 2.45) is 0 Å². The maximum Gasteiger partial charge on any atom is 0.188 e. The number of hydrogen-bond donors (Lipinski definition) is 6. The van der Waals surface area contributed by atoms with E-state index in [0.29, 0.717) is 6.42 Å². The molecule has 2 rings (SSSR count). The van der Waals surface area contributed by atoms with Crippen molar-refractivity contribution < 1.29 is 54.0 Å². The van der Waals surface area contributed by atoms with E-state index < -0.39 is 82.4 Å². The minimum absolute atomic E-state index is 0.215. The summed E-state index contributed by atoms with van der Waals surface area (Å²) >= 11 is 0. The Morgan fingerprint density at radius 2 is 1.50 bits per heavy atom. The molecule has 2 heterocycles. The third-order valence-electron chi connectivity index (χ3n) is 5.61. The van der Waals surface area contributed by atoms with Gasteiger partial charge in [-0.2, -0.15) is 0 Å². The second-order valence-corrected chi connectivity index (χ2v) is 13.7. The zero-order valence-corrected chi connectivity index (χ0v) is 20.5. The Morgan fingerprint density at radius 3 is 2.00 bits per heavy atom. The van der Waals surface area contributed by atoms with Gasteiger partial charge < -0.3 is 54.0 Å². The lowest BCUT2D eigenvalue weighted by atomic mass is 9.90. The van der Waals surface area contributed by atoms with Crippen molar-refractivity contribution in [2.45, 2.75) is 107 Å². The second kappa shape index (κ2) is 11.5. The average Bonchev–Trinajstić information content (AvgIpc) is 2.74. The second-order valence-electron chi connectivity index (χ2n) is 9.30. The van der Waals surface area contributed by atoms with Gasteiger partial charge in [0.1, 0.15) is 48.8 Å². The quantitative estimate of drug-likeness (QED) is 0.203. The molecular weight excluding hydrogens is 444 g/mol. The largest absolute Gasteiger partial charge is 0.394 e. The fraction of sp³-hybridized carbons (Fsp3) is 1.00. The van der Waals surface area contributed by atoms with Gasteiger partial charge in [-0.3, -0.25) is 0 Å². The molecule has 2 aliphatic heterocycles. The molecule has 0 radical (unpaired) electrons. The van der Waals surface area contributed by atoms with E-state index in [2.05, 4.69) is 0 Å². The van der Waals surface area contributed by atoms with Crippen molar-refractivity contribution >= 4 is 8.32 Å². The summed E-state index contributed by atoms with van der Waals surface area (Å²) in [5.41, 5.74) is 0. The van der Waals surface area contributed by atoms with Crippen LogP contribution in [0, 0.1) is 0 Å². The van der Waals surface area contributed by atoms with Crippen molar-refractivity contribution in [1.29, 1.82) is 0 Å². The van der Waals surface area contributed by atoms with Crippen molar-refractivity contribution in [3.63, 3.8) is 0 Å². The Kier molecular flexibility index (Phi) is 10.0. The summed E-state index contributed by atoms with van der Waals surface area (Å²) < 4.78 is 28.8. The van der Waals surface area contributed by atoms with Crippen molar-refractivity contribution in [3.8, 4) is 0 Å². The lowest BCUT2D eigenvalue weighted by Gasteiger charge is -2.52. The molecular formula is C20H40O11Si. The van der Waals surface area contributed by atoms with Crippen LogP contribution in [0.5, 0.6) is 0 Å². The molecule has 0 aromatic heterocycles. The Hall–Kier alpha value is -0.223. The minimum atomic E-state index is -2.23. The highest BCUT2D eigenvalue weighted by Crippen LogP contribution is 2.38. The molecule has 32 heavy (non-hydrogen) atoms. The van der Waals surface area contributed by atoms with Crippen LogP contribution in [0.3, 0.4) is 0 Å². The van der Waals surface area contributed by atoms with E-state index in [1.54, 1.807) is 6.92 Å².